The van der Waals surface area contributed by atoms with Gasteiger partial charge in [0.05, 0.1) is 26.4 Å². The quantitative estimate of drug-likeness (QED) is 0.227. The minimum absolute atomic E-state index is 0.0694. The third-order valence-corrected chi connectivity index (χ3v) is 3.52. The van der Waals surface area contributed by atoms with Gasteiger partial charge in [-0.15, -0.1) is 0 Å². The maximum absolute atomic E-state index is 10.2. The predicted molar refractivity (Wildman–Crippen MR) is 89.1 cm³/mol. The summed E-state index contributed by atoms with van der Waals surface area (Å²) in [7, 11) is -4.23. The van der Waals surface area contributed by atoms with Gasteiger partial charge < -0.3 is 25.1 Å². The minimum Gasteiger partial charge on any atom is -0.395 e. The van der Waals surface area contributed by atoms with E-state index in [2.05, 4.69) is 11.4 Å². The van der Waals surface area contributed by atoms with Crippen LogP contribution in [0.1, 0.15) is 45.4 Å². The molecule has 0 spiro atoms. The fraction of sp³-hybridized carbons (Fsp3) is 1.00. The van der Waals surface area contributed by atoms with Crippen molar-refractivity contribution in [2.24, 2.45) is 0 Å². The number of unbranched alkanes of at least 4 members (excludes halogenated alkanes) is 5. The Balaban J connectivity index is 0. The van der Waals surface area contributed by atoms with E-state index in [1.165, 1.54) is 19.3 Å². The third-order valence-electron chi connectivity index (χ3n) is 3.01. The van der Waals surface area contributed by atoms with Crippen molar-refractivity contribution in [1.29, 1.82) is 0 Å². The molecule has 0 amide bonds. The Morgan fingerprint density at radius 1 is 0.826 bits per heavy atom. The van der Waals surface area contributed by atoms with Crippen LogP contribution in [0.4, 0.5) is 0 Å². The summed E-state index contributed by atoms with van der Waals surface area (Å²) in [5, 5.41) is 25.5. The standard InChI is InChI=1S/C8H19O4P.C6H15NO3/c1-2-3-4-5-6-7-8-12-13(9,10)11;8-4-1-7(2-5-9)3-6-10/h2-8H2,1H3,(H2,9,10,11);8-10H,1-6H2. The highest BCUT2D eigenvalue weighted by Gasteiger charge is 2.12. The summed E-state index contributed by atoms with van der Waals surface area (Å²) in [6.45, 7) is 4.07. The zero-order chi connectivity index (χ0) is 18.0. The summed E-state index contributed by atoms with van der Waals surface area (Å²) in [5.74, 6) is 0. The summed E-state index contributed by atoms with van der Waals surface area (Å²) in [6.07, 6.45) is 6.48. The van der Waals surface area contributed by atoms with Gasteiger partial charge in [-0.25, -0.2) is 4.57 Å². The molecule has 0 fully saturated rings. The Labute approximate surface area is 139 Å². The number of aliphatic hydroxyl groups is 3. The van der Waals surface area contributed by atoms with Gasteiger partial charge in [-0.2, -0.15) is 0 Å². The van der Waals surface area contributed by atoms with Gasteiger partial charge >= 0.3 is 7.82 Å². The number of nitrogens with zero attached hydrogens (tertiary/aromatic N) is 1. The number of phosphoric acid groups is 1. The highest BCUT2D eigenvalue weighted by Crippen LogP contribution is 2.35. The van der Waals surface area contributed by atoms with E-state index in [1.54, 1.807) is 4.90 Å². The zero-order valence-corrected chi connectivity index (χ0v) is 15.0. The van der Waals surface area contributed by atoms with Gasteiger partial charge in [0.15, 0.2) is 0 Å². The molecule has 0 heterocycles. The molecule has 5 N–H and O–H groups in total. The number of phosphoric ester groups is 1. The van der Waals surface area contributed by atoms with Crippen LogP contribution in [0.15, 0.2) is 0 Å². The second kappa shape index (κ2) is 18.3. The van der Waals surface area contributed by atoms with Crippen LogP contribution in [0.3, 0.4) is 0 Å². The summed E-state index contributed by atoms with van der Waals surface area (Å²) < 4.78 is 14.5. The first-order valence-corrected chi connectivity index (χ1v) is 9.69. The van der Waals surface area contributed by atoms with Crippen molar-refractivity contribution in [2.45, 2.75) is 45.4 Å². The van der Waals surface area contributed by atoms with Gasteiger partial charge in [0.1, 0.15) is 0 Å². The van der Waals surface area contributed by atoms with Gasteiger partial charge in [0.25, 0.3) is 0 Å². The third kappa shape index (κ3) is 24.3. The normalized spacial score (nSPS) is 11.4. The topological polar surface area (TPSA) is 131 Å². The monoisotopic (exact) mass is 359 g/mol. The van der Waals surface area contributed by atoms with E-state index in [0.29, 0.717) is 19.6 Å². The molecule has 9 heteroatoms. The molecule has 0 aliphatic carbocycles. The van der Waals surface area contributed by atoms with Gasteiger partial charge in [-0.1, -0.05) is 39.0 Å². The molecule has 0 aromatic rings. The van der Waals surface area contributed by atoms with Crippen molar-refractivity contribution in [1.82, 2.24) is 4.90 Å². The van der Waals surface area contributed by atoms with Crippen molar-refractivity contribution < 1.29 is 34.2 Å². The van der Waals surface area contributed by atoms with Crippen LogP contribution in [-0.2, 0) is 9.09 Å². The molecule has 0 aliphatic rings. The van der Waals surface area contributed by atoms with Gasteiger partial charge in [-0.05, 0) is 6.42 Å². The maximum Gasteiger partial charge on any atom is 0.469 e. The molecule has 0 unspecified atom stereocenters. The number of hydrogen-bond acceptors (Lipinski definition) is 6. The smallest absolute Gasteiger partial charge is 0.395 e. The van der Waals surface area contributed by atoms with Crippen LogP contribution in [0.2, 0.25) is 0 Å². The Hall–Kier alpha value is -0.0500. The van der Waals surface area contributed by atoms with Crippen LogP contribution in [0, 0.1) is 0 Å². The lowest BCUT2D eigenvalue weighted by Crippen LogP contribution is -2.32. The van der Waals surface area contributed by atoms with Gasteiger partial charge in [-0.3, -0.25) is 9.42 Å². The summed E-state index contributed by atoms with van der Waals surface area (Å²) in [5.41, 5.74) is 0. The van der Waals surface area contributed by atoms with Crippen LogP contribution in [-0.4, -0.2) is 76.1 Å². The van der Waals surface area contributed by atoms with Gasteiger partial charge in [0, 0.05) is 19.6 Å². The summed E-state index contributed by atoms with van der Waals surface area (Å²) in [4.78, 5) is 18.5. The van der Waals surface area contributed by atoms with Crippen molar-refractivity contribution in [3.05, 3.63) is 0 Å². The van der Waals surface area contributed by atoms with E-state index < -0.39 is 7.82 Å². The average molecular weight is 359 g/mol. The number of aliphatic hydroxyl groups excluding tert-OH is 3. The largest absolute Gasteiger partial charge is 0.469 e. The average Bonchev–Trinajstić information content (AvgIpc) is 2.47. The van der Waals surface area contributed by atoms with Crippen molar-refractivity contribution in [2.75, 3.05) is 46.1 Å². The van der Waals surface area contributed by atoms with Crippen molar-refractivity contribution in [3.8, 4) is 0 Å². The second-order valence-electron chi connectivity index (χ2n) is 5.10. The lowest BCUT2D eigenvalue weighted by atomic mass is 10.1. The Morgan fingerprint density at radius 3 is 1.65 bits per heavy atom. The van der Waals surface area contributed by atoms with Crippen LogP contribution < -0.4 is 0 Å². The van der Waals surface area contributed by atoms with Crippen molar-refractivity contribution in [3.63, 3.8) is 0 Å². The van der Waals surface area contributed by atoms with E-state index >= 15 is 0 Å². The first kappa shape index (κ1) is 25.2. The number of rotatable bonds is 14. The van der Waals surface area contributed by atoms with Crippen LogP contribution in [0.25, 0.3) is 0 Å². The van der Waals surface area contributed by atoms with E-state index in [0.717, 1.165) is 19.3 Å². The zero-order valence-electron chi connectivity index (χ0n) is 14.1. The Kier molecular flexibility index (Phi) is 20.0. The lowest BCUT2D eigenvalue weighted by molar-refractivity contribution is 0.136. The summed E-state index contributed by atoms with van der Waals surface area (Å²) >= 11 is 0. The SMILES string of the molecule is CCCCCCCCOP(=O)(O)O.OCCN(CCO)CCO. The van der Waals surface area contributed by atoms with Crippen molar-refractivity contribution >= 4 is 7.82 Å². The maximum atomic E-state index is 10.2. The Morgan fingerprint density at radius 2 is 1.26 bits per heavy atom. The minimum atomic E-state index is -4.23. The lowest BCUT2D eigenvalue weighted by Gasteiger charge is -2.17. The molecule has 0 bridgehead atoms. The summed E-state index contributed by atoms with van der Waals surface area (Å²) in [6, 6.07) is 0. The molecule has 0 saturated heterocycles. The molecular formula is C14H34NO7P. The molecule has 0 aliphatic heterocycles. The van der Waals surface area contributed by atoms with E-state index in [9.17, 15) is 4.57 Å². The first-order chi connectivity index (χ1) is 10.9. The molecule has 0 saturated carbocycles. The molecule has 23 heavy (non-hydrogen) atoms. The molecule has 0 atom stereocenters. The molecule has 142 valence electrons. The molecule has 0 aromatic heterocycles. The fourth-order valence-corrected chi connectivity index (χ4v) is 2.19. The molecule has 0 radical (unpaired) electrons. The van der Waals surface area contributed by atoms with Crippen LogP contribution in [0.5, 0.6) is 0 Å². The van der Waals surface area contributed by atoms with Gasteiger partial charge in [0.2, 0.25) is 0 Å². The van der Waals surface area contributed by atoms with E-state index in [1.807, 2.05) is 0 Å². The number of hydrogen-bond donors (Lipinski definition) is 5. The first-order valence-electron chi connectivity index (χ1n) is 8.16. The Bertz CT molecular complexity index is 262. The molecule has 0 aromatic carbocycles. The molecule has 0 rings (SSSR count). The predicted octanol–water partition coefficient (Wildman–Crippen LogP) is 0.722. The fourth-order valence-electron chi connectivity index (χ4n) is 1.83. The molecular weight excluding hydrogens is 325 g/mol. The highest BCUT2D eigenvalue weighted by atomic mass is 31.2. The molecule has 8 nitrogen and oxygen atoms in total. The highest BCUT2D eigenvalue weighted by molar-refractivity contribution is 7.46. The van der Waals surface area contributed by atoms with Crippen LogP contribution >= 0.6 is 7.82 Å². The second-order valence-corrected chi connectivity index (χ2v) is 6.34. The van der Waals surface area contributed by atoms with E-state index in [4.69, 9.17) is 25.1 Å². The van der Waals surface area contributed by atoms with E-state index in [-0.39, 0.29) is 26.4 Å².